The van der Waals surface area contributed by atoms with E-state index in [0.717, 1.165) is 77.0 Å². The molecule has 0 radical (unpaired) electrons. The van der Waals surface area contributed by atoms with Crippen molar-refractivity contribution in [1.82, 2.24) is 0 Å². The lowest BCUT2D eigenvalue weighted by atomic mass is 10.0. The Morgan fingerprint density at radius 1 is 0.273 bits per heavy atom. The summed E-state index contributed by atoms with van der Waals surface area (Å²) in [6.07, 6.45) is 85.4. The molecular formula is C71H126O6. The molecule has 0 aliphatic carbocycles. The summed E-state index contributed by atoms with van der Waals surface area (Å²) in [6, 6.07) is 0. The molecule has 0 aromatic heterocycles. The van der Waals surface area contributed by atoms with Gasteiger partial charge >= 0.3 is 17.9 Å². The molecule has 0 aromatic carbocycles. The summed E-state index contributed by atoms with van der Waals surface area (Å²) >= 11 is 0. The molecule has 0 saturated heterocycles. The highest BCUT2D eigenvalue weighted by atomic mass is 16.6. The van der Waals surface area contributed by atoms with Crippen LogP contribution in [0.25, 0.3) is 0 Å². The van der Waals surface area contributed by atoms with E-state index in [1.165, 1.54) is 218 Å². The Kier molecular flexibility index (Phi) is 62.7. The number of rotatable bonds is 61. The molecule has 446 valence electrons. The van der Waals surface area contributed by atoms with Crippen LogP contribution in [0.1, 0.15) is 342 Å². The van der Waals surface area contributed by atoms with Crippen LogP contribution in [0.15, 0.2) is 72.9 Å². The lowest BCUT2D eigenvalue weighted by molar-refractivity contribution is -0.166. The maximum absolute atomic E-state index is 12.8. The monoisotopic (exact) mass is 1070 g/mol. The molecule has 0 amide bonds. The number of hydrogen-bond donors (Lipinski definition) is 0. The minimum Gasteiger partial charge on any atom is -0.462 e. The zero-order chi connectivity index (χ0) is 55.7. The molecule has 0 aromatic rings. The molecule has 1 atom stereocenters. The predicted octanol–water partition coefficient (Wildman–Crippen LogP) is 22.9. The van der Waals surface area contributed by atoms with Crippen LogP contribution in [0.5, 0.6) is 0 Å². The van der Waals surface area contributed by atoms with Gasteiger partial charge in [0.15, 0.2) is 6.10 Å². The second-order valence-electron chi connectivity index (χ2n) is 22.4. The van der Waals surface area contributed by atoms with E-state index < -0.39 is 6.10 Å². The highest BCUT2D eigenvalue weighted by Crippen LogP contribution is 2.18. The fourth-order valence-electron chi connectivity index (χ4n) is 9.77. The number of carbonyl (C=O) groups is 3. The van der Waals surface area contributed by atoms with Crippen LogP contribution in [-0.4, -0.2) is 37.2 Å². The van der Waals surface area contributed by atoms with Gasteiger partial charge in [-0.2, -0.15) is 0 Å². The normalized spacial score (nSPS) is 12.5. The van der Waals surface area contributed by atoms with Crippen molar-refractivity contribution in [3.63, 3.8) is 0 Å². The first-order valence-corrected chi connectivity index (χ1v) is 33.4. The molecule has 0 aliphatic rings. The van der Waals surface area contributed by atoms with Crippen molar-refractivity contribution in [3.8, 4) is 0 Å². The third-order valence-corrected chi connectivity index (χ3v) is 14.7. The van der Waals surface area contributed by atoms with Gasteiger partial charge in [0, 0.05) is 19.3 Å². The molecule has 0 rings (SSSR count). The highest BCUT2D eigenvalue weighted by Gasteiger charge is 2.19. The second kappa shape index (κ2) is 65.4. The third-order valence-electron chi connectivity index (χ3n) is 14.7. The van der Waals surface area contributed by atoms with E-state index in [1.807, 2.05) is 6.08 Å². The number of carbonyl (C=O) groups excluding carboxylic acids is 3. The van der Waals surface area contributed by atoms with Gasteiger partial charge in [-0.15, -0.1) is 0 Å². The van der Waals surface area contributed by atoms with Gasteiger partial charge in [-0.1, -0.05) is 338 Å². The zero-order valence-electron chi connectivity index (χ0n) is 51.2. The SMILES string of the molecule is CC/C=C\C/C=C\C/C=C\C/C=C\C/C=C\C/C=C\CCC(=O)OC(COC(=O)CCCCCCCCCCC)COC(=O)CCCCCCCCCCCCCCCCCCCCCCCCCCCCCCCCC. The largest absolute Gasteiger partial charge is 0.462 e. The number of unbranched alkanes of at least 4 members (excludes halogenated alkanes) is 38. The van der Waals surface area contributed by atoms with Crippen LogP contribution >= 0.6 is 0 Å². The standard InChI is InChI=1S/C71H126O6/c1-4-7-10-13-16-19-21-23-25-27-29-30-31-32-33-34-35-36-37-38-39-40-42-43-45-47-49-52-55-58-61-64-70(73)76-67-68(66-75-69(72)63-60-57-54-51-18-15-12-9-6-3)77-71(74)65-62-59-56-53-50-48-46-44-41-28-26-24-22-20-17-14-11-8-5-2/h8,11,17,20,24,26,41,44,48,50,56,59,68H,4-7,9-10,12-16,18-19,21-23,25,27-40,42-43,45-47,49,51-55,57-58,60-67H2,1-3H3/b11-8-,20-17-,26-24-,44-41-,50-48-,59-56-. The van der Waals surface area contributed by atoms with Crippen molar-refractivity contribution < 1.29 is 28.6 Å². The van der Waals surface area contributed by atoms with Crippen LogP contribution in [-0.2, 0) is 28.6 Å². The van der Waals surface area contributed by atoms with Gasteiger partial charge < -0.3 is 14.2 Å². The first-order chi connectivity index (χ1) is 38.0. The third kappa shape index (κ3) is 63.6. The maximum atomic E-state index is 12.8. The highest BCUT2D eigenvalue weighted by molar-refractivity contribution is 5.71. The van der Waals surface area contributed by atoms with Crippen molar-refractivity contribution in [2.45, 2.75) is 348 Å². The Balaban J connectivity index is 4.14. The number of esters is 3. The Labute approximate surface area is 478 Å². The Morgan fingerprint density at radius 3 is 0.766 bits per heavy atom. The minimum absolute atomic E-state index is 0.102. The second-order valence-corrected chi connectivity index (χ2v) is 22.4. The van der Waals surface area contributed by atoms with Crippen LogP contribution in [0.2, 0.25) is 0 Å². The zero-order valence-corrected chi connectivity index (χ0v) is 51.2. The molecule has 0 saturated carbocycles. The fraction of sp³-hybridized carbons (Fsp3) is 0.789. The van der Waals surface area contributed by atoms with E-state index in [0.29, 0.717) is 19.3 Å². The molecule has 0 fully saturated rings. The summed E-state index contributed by atoms with van der Waals surface area (Å²) in [6.45, 7) is 6.49. The molecule has 0 spiro atoms. The molecule has 0 heterocycles. The summed E-state index contributed by atoms with van der Waals surface area (Å²) < 4.78 is 16.8. The number of hydrogen-bond acceptors (Lipinski definition) is 6. The van der Waals surface area contributed by atoms with Crippen LogP contribution in [0.4, 0.5) is 0 Å². The predicted molar refractivity (Wildman–Crippen MR) is 335 cm³/mol. The van der Waals surface area contributed by atoms with E-state index in [4.69, 9.17) is 14.2 Å². The van der Waals surface area contributed by atoms with Gasteiger partial charge in [0.25, 0.3) is 0 Å². The van der Waals surface area contributed by atoms with E-state index in [1.54, 1.807) is 0 Å². The first-order valence-electron chi connectivity index (χ1n) is 33.4. The van der Waals surface area contributed by atoms with Crippen LogP contribution in [0.3, 0.4) is 0 Å². The summed E-state index contributed by atoms with van der Waals surface area (Å²) in [5.41, 5.74) is 0. The van der Waals surface area contributed by atoms with Crippen molar-refractivity contribution in [2.24, 2.45) is 0 Å². The molecule has 0 aliphatic heterocycles. The Morgan fingerprint density at radius 2 is 0.506 bits per heavy atom. The van der Waals surface area contributed by atoms with Gasteiger partial charge in [-0.25, -0.2) is 0 Å². The summed E-state index contributed by atoms with van der Waals surface area (Å²) in [5.74, 6) is -0.975. The van der Waals surface area contributed by atoms with Gasteiger partial charge in [-0.3, -0.25) is 14.4 Å². The van der Waals surface area contributed by atoms with Gasteiger partial charge in [0.05, 0.1) is 0 Å². The number of ether oxygens (including phenoxy) is 3. The van der Waals surface area contributed by atoms with E-state index in [-0.39, 0.29) is 37.5 Å². The van der Waals surface area contributed by atoms with Crippen LogP contribution in [0, 0.1) is 0 Å². The van der Waals surface area contributed by atoms with E-state index >= 15 is 0 Å². The van der Waals surface area contributed by atoms with Crippen molar-refractivity contribution in [1.29, 1.82) is 0 Å². The van der Waals surface area contributed by atoms with Crippen molar-refractivity contribution in [2.75, 3.05) is 13.2 Å². The Bertz CT molecular complexity index is 1420. The van der Waals surface area contributed by atoms with Gasteiger partial charge in [-0.05, 0) is 57.8 Å². The summed E-state index contributed by atoms with van der Waals surface area (Å²) in [5, 5.41) is 0. The van der Waals surface area contributed by atoms with E-state index in [2.05, 4.69) is 87.6 Å². The fourth-order valence-corrected chi connectivity index (χ4v) is 9.77. The topological polar surface area (TPSA) is 78.9 Å². The quantitative estimate of drug-likeness (QED) is 0.0261. The molecular weight excluding hydrogens is 949 g/mol. The molecule has 77 heavy (non-hydrogen) atoms. The molecule has 0 bridgehead atoms. The van der Waals surface area contributed by atoms with Gasteiger partial charge in [0.2, 0.25) is 0 Å². The lowest BCUT2D eigenvalue weighted by Gasteiger charge is -2.18. The van der Waals surface area contributed by atoms with Crippen LogP contribution < -0.4 is 0 Å². The Hall–Kier alpha value is -3.15. The summed E-state index contributed by atoms with van der Waals surface area (Å²) in [4.78, 5) is 38.1. The smallest absolute Gasteiger partial charge is 0.306 e. The van der Waals surface area contributed by atoms with Crippen molar-refractivity contribution in [3.05, 3.63) is 72.9 Å². The number of allylic oxidation sites excluding steroid dienone is 12. The molecule has 0 N–H and O–H groups in total. The average molecular weight is 1080 g/mol. The summed E-state index contributed by atoms with van der Waals surface area (Å²) in [7, 11) is 0. The van der Waals surface area contributed by atoms with E-state index in [9.17, 15) is 14.4 Å². The molecule has 6 nitrogen and oxygen atoms in total. The van der Waals surface area contributed by atoms with Crippen molar-refractivity contribution >= 4 is 17.9 Å². The minimum atomic E-state index is -0.813. The van der Waals surface area contributed by atoms with Gasteiger partial charge in [0.1, 0.15) is 13.2 Å². The molecule has 6 heteroatoms. The molecule has 1 unspecified atom stereocenters. The first kappa shape index (κ1) is 73.8. The average Bonchev–Trinajstić information content (AvgIpc) is 3.43. The maximum Gasteiger partial charge on any atom is 0.306 e. The lowest BCUT2D eigenvalue weighted by Crippen LogP contribution is -2.30.